The number of amides is 1. The lowest BCUT2D eigenvalue weighted by Crippen LogP contribution is -2.27. The lowest BCUT2D eigenvalue weighted by atomic mass is 10.1. The number of nitrogens with zero attached hydrogens (tertiary/aromatic N) is 3. The molecule has 2 aromatic carbocycles. The van der Waals surface area contributed by atoms with Crippen LogP contribution in [-0.2, 0) is 11.3 Å². The molecule has 1 fully saturated rings. The van der Waals surface area contributed by atoms with E-state index in [9.17, 15) is 4.79 Å². The first-order valence-electron chi connectivity index (χ1n) is 8.86. The van der Waals surface area contributed by atoms with Crippen LogP contribution in [0, 0.1) is 13.8 Å². The number of likely N-dealkylation sites (tertiary alicyclic amines) is 1. The monoisotopic (exact) mass is 347 g/mol. The summed E-state index contributed by atoms with van der Waals surface area (Å²) in [5.74, 6) is 1.21. The molecule has 0 N–H and O–H groups in total. The van der Waals surface area contributed by atoms with E-state index < -0.39 is 0 Å². The van der Waals surface area contributed by atoms with Gasteiger partial charge in [-0.2, -0.15) is 4.98 Å². The minimum Gasteiger partial charge on any atom is -0.337 e. The second-order valence-corrected chi connectivity index (χ2v) is 6.88. The standard InChI is InChI=1S/C21H21N3O2/c1-14-3-7-16(8-4-14)13-24-18(11-12-19(24)25)21-22-20(23-26-21)17-9-5-15(2)6-10-17/h3-10,18H,11-13H2,1-2H3. The molecule has 1 aliphatic heterocycles. The Hall–Kier alpha value is -2.95. The fraction of sp³-hybridized carbons (Fsp3) is 0.286. The van der Waals surface area contributed by atoms with E-state index in [0.29, 0.717) is 31.1 Å². The summed E-state index contributed by atoms with van der Waals surface area (Å²) in [6.07, 6.45) is 1.22. The molecule has 132 valence electrons. The molecule has 26 heavy (non-hydrogen) atoms. The van der Waals surface area contributed by atoms with Crippen molar-refractivity contribution in [3.8, 4) is 11.4 Å². The molecule has 1 saturated heterocycles. The van der Waals surface area contributed by atoms with Crippen LogP contribution in [0.15, 0.2) is 53.1 Å². The number of aryl methyl sites for hydroxylation is 2. The highest BCUT2D eigenvalue weighted by Crippen LogP contribution is 2.34. The highest BCUT2D eigenvalue weighted by Gasteiger charge is 2.35. The zero-order valence-electron chi connectivity index (χ0n) is 15.0. The summed E-state index contributed by atoms with van der Waals surface area (Å²) in [6.45, 7) is 4.66. The first-order chi connectivity index (χ1) is 12.6. The van der Waals surface area contributed by atoms with E-state index in [1.165, 1.54) is 11.1 Å². The van der Waals surface area contributed by atoms with Gasteiger partial charge in [-0.3, -0.25) is 4.79 Å². The Kier molecular flexibility index (Phi) is 4.29. The zero-order chi connectivity index (χ0) is 18.1. The molecule has 1 unspecified atom stereocenters. The van der Waals surface area contributed by atoms with Gasteiger partial charge in [-0.05, 0) is 25.8 Å². The fourth-order valence-corrected chi connectivity index (χ4v) is 3.27. The van der Waals surface area contributed by atoms with Gasteiger partial charge < -0.3 is 9.42 Å². The third-order valence-corrected chi connectivity index (χ3v) is 4.84. The van der Waals surface area contributed by atoms with Crippen LogP contribution < -0.4 is 0 Å². The van der Waals surface area contributed by atoms with Crippen molar-refractivity contribution >= 4 is 5.91 Å². The predicted molar refractivity (Wildman–Crippen MR) is 98.2 cm³/mol. The molecule has 0 bridgehead atoms. The average molecular weight is 347 g/mol. The third kappa shape index (κ3) is 3.25. The molecular formula is C21H21N3O2. The molecule has 1 aliphatic rings. The molecule has 5 nitrogen and oxygen atoms in total. The Morgan fingerprint density at radius 3 is 2.38 bits per heavy atom. The molecule has 2 heterocycles. The molecule has 4 rings (SSSR count). The molecule has 5 heteroatoms. The van der Waals surface area contributed by atoms with E-state index in [2.05, 4.69) is 41.3 Å². The predicted octanol–water partition coefficient (Wildman–Crippen LogP) is 4.22. The molecule has 0 aliphatic carbocycles. The summed E-state index contributed by atoms with van der Waals surface area (Å²) in [7, 11) is 0. The maximum atomic E-state index is 12.4. The smallest absolute Gasteiger partial charge is 0.249 e. The van der Waals surface area contributed by atoms with Crippen LogP contribution in [0.3, 0.4) is 0 Å². The van der Waals surface area contributed by atoms with Crippen molar-refractivity contribution in [1.29, 1.82) is 0 Å². The topological polar surface area (TPSA) is 59.2 Å². The van der Waals surface area contributed by atoms with Crippen LogP contribution in [0.2, 0.25) is 0 Å². The van der Waals surface area contributed by atoms with E-state index >= 15 is 0 Å². The average Bonchev–Trinajstić information content (AvgIpc) is 3.25. The Balaban J connectivity index is 1.57. The molecular weight excluding hydrogens is 326 g/mol. The van der Waals surface area contributed by atoms with Crippen molar-refractivity contribution in [1.82, 2.24) is 15.0 Å². The Labute approximate surface area is 152 Å². The van der Waals surface area contributed by atoms with Crippen LogP contribution in [0.25, 0.3) is 11.4 Å². The van der Waals surface area contributed by atoms with E-state index in [0.717, 1.165) is 11.1 Å². The number of aromatic nitrogens is 2. The Bertz CT molecular complexity index is 913. The SMILES string of the molecule is Cc1ccc(CN2C(=O)CCC2c2nc(-c3ccc(C)cc3)no2)cc1. The minimum atomic E-state index is -0.157. The molecule has 1 atom stereocenters. The molecule has 0 spiro atoms. The van der Waals surface area contributed by atoms with Crippen molar-refractivity contribution in [2.75, 3.05) is 0 Å². The number of carbonyl (C=O) groups is 1. The van der Waals surface area contributed by atoms with Crippen molar-refractivity contribution in [3.05, 3.63) is 71.1 Å². The van der Waals surface area contributed by atoms with Gasteiger partial charge in [0.15, 0.2) is 0 Å². The lowest BCUT2D eigenvalue weighted by Gasteiger charge is -2.22. The first-order valence-corrected chi connectivity index (χ1v) is 8.86. The van der Waals surface area contributed by atoms with Crippen molar-refractivity contribution in [2.45, 2.75) is 39.3 Å². The maximum Gasteiger partial charge on any atom is 0.249 e. The van der Waals surface area contributed by atoms with E-state index in [1.807, 2.05) is 36.1 Å². The number of hydrogen-bond acceptors (Lipinski definition) is 4. The van der Waals surface area contributed by atoms with Gasteiger partial charge in [-0.25, -0.2) is 0 Å². The molecule has 0 radical (unpaired) electrons. The van der Waals surface area contributed by atoms with E-state index in [4.69, 9.17) is 4.52 Å². The van der Waals surface area contributed by atoms with Crippen molar-refractivity contribution in [2.24, 2.45) is 0 Å². The van der Waals surface area contributed by atoms with Gasteiger partial charge in [-0.15, -0.1) is 0 Å². The van der Waals surface area contributed by atoms with Gasteiger partial charge in [-0.1, -0.05) is 64.8 Å². The molecule has 1 amide bonds. The summed E-state index contributed by atoms with van der Waals surface area (Å²) < 4.78 is 5.51. The summed E-state index contributed by atoms with van der Waals surface area (Å²) in [6, 6.07) is 16.1. The quantitative estimate of drug-likeness (QED) is 0.709. The molecule has 0 saturated carbocycles. The Morgan fingerprint density at radius 1 is 1.04 bits per heavy atom. The van der Waals surface area contributed by atoms with E-state index in [1.54, 1.807) is 0 Å². The van der Waals surface area contributed by atoms with Gasteiger partial charge in [0, 0.05) is 18.5 Å². The van der Waals surface area contributed by atoms with Crippen molar-refractivity contribution < 1.29 is 9.32 Å². The second-order valence-electron chi connectivity index (χ2n) is 6.88. The summed E-state index contributed by atoms with van der Waals surface area (Å²) in [5, 5.41) is 4.11. The highest BCUT2D eigenvalue weighted by molar-refractivity contribution is 5.78. The van der Waals surface area contributed by atoms with E-state index in [-0.39, 0.29) is 11.9 Å². The number of hydrogen-bond donors (Lipinski definition) is 0. The van der Waals surface area contributed by atoms with Gasteiger partial charge in [0.2, 0.25) is 17.6 Å². The minimum absolute atomic E-state index is 0.130. The number of benzene rings is 2. The van der Waals surface area contributed by atoms with Crippen molar-refractivity contribution in [3.63, 3.8) is 0 Å². The van der Waals surface area contributed by atoms with Crippen LogP contribution in [0.5, 0.6) is 0 Å². The molecule has 1 aromatic heterocycles. The van der Waals surface area contributed by atoms with Gasteiger partial charge >= 0.3 is 0 Å². The normalized spacial score (nSPS) is 17.1. The molecule has 3 aromatic rings. The van der Waals surface area contributed by atoms with Crippen LogP contribution in [0.4, 0.5) is 0 Å². The third-order valence-electron chi connectivity index (χ3n) is 4.84. The van der Waals surface area contributed by atoms with Crippen LogP contribution in [0.1, 0.15) is 41.5 Å². The Morgan fingerprint density at radius 2 is 1.69 bits per heavy atom. The first kappa shape index (κ1) is 16.5. The summed E-state index contributed by atoms with van der Waals surface area (Å²) in [5.41, 5.74) is 4.41. The zero-order valence-corrected chi connectivity index (χ0v) is 15.0. The number of rotatable bonds is 4. The van der Waals surface area contributed by atoms with Crippen LogP contribution >= 0.6 is 0 Å². The van der Waals surface area contributed by atoms with Gasteiger partial charge in [0.25, 0.3) is 0 Å². The lowest BCUT2D eigenvalue weighted by molar-refractivity contribution is -0.129. The fourth-order valence-electron chi connectivity index (χ4n) is 3.27. The largest absolute Gasteiger partial charge is 0.337 e. The van der Waals surface area contributed by atoms with Crippen LogP contribution in [-0.4, -0.2) is 20.9 Å². The summed E-state index contributed by atoms with van der Waals surface area (Å²) >= 11 is 0. The summed E-state index contributed by atoms with van der Waals surface area (Å²) in [4.78, 5) is 18.8. The van der Waals surface area contributed by atoms with Gasteiger partial charge in [0.05, 0.1) is 0 Å². The second kappa shape index (κ2) is 6.75. The number of carbonyl (C=O) groups excluding carboxylic acids is 1. The highest BCUT2D eigenvalue weighted by atomic mass is 16.5. The van der Waals surface area contributed by atoms with Gasteiger partial charge in [0.1, 0.15) is 6.04 Å². The maximum absolute atomic E-state index is 12.4.